The van der Waals surface area contributed by atoms with E-state index in [9.17, 15) is 0 Å². The first-order chi connectivity index (χ1) is 9.02. The highest BCUT2D eigenvalue weighted by Crippen LogP contribution is 2.22. The second kappa shape index (κ2) is 5.27. The molecule has 2 rings (SSSR count). The van der Waals surface area contributed by atoms with Crippen molar-refractivity contribution in [2.75, 3.05) is 0 Å². The highest BCUT2D eigenvalue weighted by atomic mass is 15.3. The lowest BCUT2D eigenvalue weighted by Crippen LogP contribution is -2.01. The lowest BCUT2D eigenvalue weighted by molar-refractivity contribution is 0.885. The minimum absolute atomic E-state index is 0.881. The second-order valence-corrected chi connectivity index (χ2v) is 4.92. The molecule has 19 heavy (non-hydrogen) atoms. The van der Waals surface area contributed by atoms with Crippen molar-refractivity contribution < 1.29 is 0 Å². The summed E-state index contributed by atoms with van der Waals surface area (Å²) in [6.07, 6.45) is 4.76. The van der Waals surface area contributed by atoms with Crippen LogP contribution < -0.4 is 0 Å². The summed E-state index contributed by atoms with van der Waals surface area (Å²) in [5, 5.41) is 4.41. The van der Waals surface area contributed by atoms with Crippen LogP contribution in [0.5, 0.6) is 0 Å². The van der Waals surface area contributed by atoms with Crippen LogP contribution in [-0.4, -0.2) is 9.78 Å². The van der Waals surface area contributed by atoms with Gasteiger partial charge in [0.2, 0.25) is 0 Å². The van der Waals surface area contributed by atoms with Gasteiger partial charge in [-0.05, 0) is 62.1 Å². The Labute approximate surface area is 115 Å². The lowest BCUT2D eigenvalue weighted by atomic mass is 9.96. The molecule has 2 aromatic rings. The summed E-state index contributed by atoms with van der Waals surface area (Å²) < 4.78 is 1.83. The Morgan fingerprint density at radius 1 is 1.32 bits per heavy atom. The van der Waals surface area contributed by atoms with Crippen molar-refractivity contribution in [2.24, 2.45) is 0 Å². The molecule has 0 unspecified atom stereocenters. The third-order valence-electron chi connectivity index (χ3n) is 3.47. The van der Waals surface area contributed by atoms with Crippen molar-refractivity contribution in [1.82, 2.24) is 9.78 Å². The van der Waals surface area contributed by atoms with Crippen molar-refractivity contribution in [1.29, 1.82) is 0 Å². The minimum atomic E-state index is 0.881. The zero-order valence-corrected chi connectivity index (χ0v) is 11.9. The molecule has 98 valence electrons. The molecule has 0 saturated carbocycles. The molecule has 1 aromatic heterocycles. The smallest absolute Gasteiger partial charge is 0.0646 e. The summed E-state index contributed by atoms with van der Waals surface area (Å²) in [5.74, 6) is 0. The molecule has 2 heteroatoms. The standard InChI is InChI=1S/C17H20N2/c1-6-7-16-11-17(10-12(2)14(16)4)15(5)19-9-8-13(3)18-19/h6,8-11H,1,5,7H2,2-4H3. The van der Waals surface area contributed by atoms with Gasteiger partial charge in [-0.25, -0.2) is 4.68 Å². The maximum absolute atomic E-state index is 4.41. The molecule has 0 aliphatic rings. The number of aromatic nitrogens is 2. The summed E-state index contributed by atoms with van der Waals surface area (Å²) in [6.45, 7) is 14.2. The predicted molar refractivity (Wildman–Crippen MR) is 81.2 cm³/mol. The Hall–Kier alpha value is -2.09. The van der Waals surface area contributed by atoms with Crippen molar-refractivity contribution in [3.05, 3.63) is 71.6 Å². The first-order valence-electron chi connectivity index (χ1n) is 6.46. The monoisotopic (exact) mass is 252 g/mol. The Morgan fingerprint density at radius 2 is 2.05 bits per heavy atom. The summed E-state index contributed by atoms with van der Waals surface area (Å²) in [7, 11) is 0. The minimum Gasteiger partial charge on any atom is -0.241 e. The number of hydrogen-bond acceptors (Lipinski definition) is 1. The quantitative estimate of drug-likeness (QED) is 0.750. The molecular formula is C17H20N2. The fourth-order valence-corrected chi connectivity index (χ4v) is 2.16. The van der Waals surface area contributed by atoms with Crippen LogP contribution in [0.15, 0.2) is 43.6 Å². The number of rotatable bonds is 4. The van der Waals surface area contributed by atoms with E-state index >= 15 is 0 Å². The van der Waals surface area contributed by atoms with Gasteiger partial charge in [-0.3, -0.25) is 0 Å². The van der Waals surface area contributed by atoms with Crippen LogP contribution in [0.25, 0.3) is 5.70 Å². The average Bonchev–Trinajstić information content (AvgIpc) is 2.80. The van der Waals surface area contributed by atoms with Crippen LogP contribution >= 0.6 is 0 Å². The highest BCUT2D eigenvalue weighted by Gasteiger charge is 2.08. The van der Waals surface area contributed by atoms with Crippen LogP contribution in [0, 0.1) is 20.8 Å². The molecule has 0 N–H and O–H groups in total. The van der Waals surface area contributed by atoms with Gasteiger partial charge in [-0.15, -0.1) is 6.58 Å². The van der Waals surface area contributed by atoms with Gasteiger partial charge in [-0.1, -0.05) is 12.7 Å². The van der Waals surface area contributed by atoms with Gasteiger partial charge >= 0.3 is 0 Å². The van der Waals surface area contributed by atoms with Crippen LogP contribution in [0.4, 0.5) is 0 Å². The van der Waals surface area contributed by atoms with E-state index in [-0.39, 0.29) is 0 Å². The molecular weight excluding hydrogens is 232 g/mol. The molecule has 0 aliphatic heterocycles. The van der Waals surface area contributed by atoms with E-state index in [1.165, 1.54) is 16.7 Å². The largest absolute Gasteiger partial charge is 0.241 e. The summed E-state index contributed by atoms with van der Waals surface area (Å²) in [5.41, 5.74) is 6.92. The van der Waals surface area contributed by atoms with E-state index in [0.717, 1.165) is 23.4 Å². The summed E-state index contributed by atoms with van der Waals surface area (Å²) in [6, 6.07) is 6.33. The van der Waals surface area contributed by atoms with E-state index in [4.69, 9.17) is 0 Å². The molecule has 0 atom stereocenters. The molecule has 0 aliphatic carbocycles. The fourth-order valence-electron chi connectivity index (χ4n) is 2.16. The van der Waals surface area contributed by atoms with E-state index in [1.807, 2.05) is 29.9 Å². The van der Waals surface area contributed by atoms with E-state index in [1.54, 1.807) is 0 Å². The number of aryl methyl sites for hydroxylation is 2. The van der Waals surface area contributed by atoms with Gasteiger partial charge in [0.25, 0.3) is 0 Å². The Balaban J connectivity index is 2.45. The maximum atomic E-state index is 4.41. The van der Waals surface area contributed by atoms with Crippen molar-refractivity contribution in [3.63, 3.8) is 0 Å². The summed E-state index contributed by atoms with van der Waals surface area (Å²) >= 11 is 0. The van der Waals surface area contributed by atoms with Crippen molar-refractivity contribution in [3.8, 4) is 0 Å². The van der Waals surface area contributed by atoms with Gasteiger partial charge in [0, 0.05) is 11.8 Å². The van der Waals surface area contributed by atoms with Gasteiger partial charge < -0.3 is 0 Å². The van der Waals surface area contributed by atoms with E-state index in [0.29, 0.717) is 0 Å². The SMILES string of the molecule is C=CCc1cc(C(=C)n2ccc(C)n2)cc(C)c1C. The van der Waals surface area contributed by atoms with Gasteiger partial charge in [-0.2, -0.15) is 5.10 Å². The van der Waals surface area contributed by atoms with Crippen LogP contribution in [0.2, 0.25) is 0 Å². The van der Waals surface area contributed by atoms with Crippen molar-refractivity contribution >= 4 is 5.70 Å². The molecule has 2 nitrogen and oxygen atoms in total. The molecule has 1 heterocycles. The topological polar surface area (TPSA) is 17.8 Å². The molecule has 0 fully saturated rings. The van der Waals surface area contributed by atoms with Crippen LogP contribution in [-0.2, 0) is 6.42 Å². The normalized spacial score (nSPS) is 10.5. The molecule has 0 bridgehead atoms. The second-order valence-electron chi connectivity index (χ2n) is 4.92. The first-order valence-corrected chi connectivity index (χ1v) is 6.46. The third-order valence-corrected chi connectivity index (χ3v) is 3.47. The molecule has 1 aromatic carbocycles. The fraction of sp³-hybridized carbons (Fsp3) is 0.235. The number of nitrogens with zero attached hydrogens (tertiary/aromatic N) is 2. The zero-order valence-electron chi connectivity index (χ0n) is 11.9. The van der Waals surface area contributed by atoms with Crippen LogP contribution in [0.1, 0.15) is 27.9 Å². The lowest BCUT2D eigenvalue weighted by Gasteiger charge is -2.13. The molecule has 0 amide bonds. The number of benzene rings is 1. The Bertz CT molecular complexity index is 633. The Morgan fingerprint density at radius 3 is 2.63 bits per heavy atom. The van der Waals surface area contributed by atoms with Gasteiger partial charge in [0.1, 0.15) is 0 Å². The molecule has 0 saturated heterocycles. The van der Waals surface area contributed by atoms with E-state index < -0.39 is 0 Å². The summed E-state index contributed by atoms with van der Waals surface area (Å²) in [4.78, 5) is 0. The maximum Gasteiger partial charge on any atom is 0.0646 e. The molecule has 0 spiro atoms. The average molecular weight is 252 g/mol. The van der Waals surface area contributed by atoms with Gasteiger partial charge in [0.05, 0.1) is 11.4 Å². The Kier molecular flexibility index (Phi) is 3.70. The number of hydrogen-bond donors (Lipinski definition) is 0. The zero-order chi connectivity index (χ0) is 14.0. The number of allylic oxidation sites excluding steroid dienone is 1. The third kappa shape index (κ3) is 2.68. The van der Waals surface area contributed by atoms with Gasteiger partial charge in [0.15, 0.2) is 0 Å². The van der Waals surface area contributed by atoms with E-state index in [2.05, 4.69) is 44.2 Å². The first kappa shape index (κ1) is 13.3. The van der Waals surface area contributed by atoms with Crippen molar-refractivity contribution in [2.45, 2.75) is 27.2 Å². The predicted octanol–water partition coefficient (Wildman–Crippen LogP) is 4.06. The van der Waals surface area contributed by atoms with Crippen LogP contribution in [0.3, 0.4) is 0 Å². The highest BCUT2D eigenvalue weighted by molar-refractivity contribution is 5.65. The molecule has 0 radical (unpaired) electrons.